The van der Waals surface area contributed by atoms with E-state index in [4.69, 9.17) is 9.84 Å². The van der Waals surface area contributed by atoms with Crippen LogP contribution in [-0.2, 0) is 13.2 Å². The van der Waals surface area contributed by atoms with Crippen molar-refractivity contribution in [3.8, 4) is 5.88 Å². The number of hydrogen-bond donors (Lipinski definition) is 2. The molecule has 0 atom stereocenters. The molecule has 5 nitrogen and oxygen atoms in total. The number of aliphatic hydroxyl groups is 1. The maximum atomic E-state index is 9.00. The highest BCUT2D eigenvalue weighted by molar-refractivity contribution is 5.39. The van der Waals surface area contributed by atoms with Gasteiger partial charge in [-0.3, -0.25) is 0 Å². The standard InChI is InChI=1S/C15H19N3O2/c1-3-20-15-8-14(17-11(2)18-15)16-9-12-4-6-13(10-19)7-5-12/h4-8,19H,3,9-10H2,1-2H3,(H,16,17,18). The first-order chi connectivity index (χ1) is 9.71. The summed E-state index contributed by atoms with van der Waals surface area (Å²) in [6, 6.07) is 9.58. The van der Waals surface area contributed by atoms with E-state index in [2.05, 4.69) is 15.3 Å². The first kappa shape index (κ1) is 14.3. The van der Waals surface area contributed by atoms with E-state index in [0.717, 1.165) is 16.9 Å². The Kier molecular flexibility index (Phi) is 4.90. The fourth-order valence-electron chi connectivity index (χ4n) is 1.81. The average molecular weight is 273 g/mol. The van der Waals surface area contributed by atoms with Crippen molar-refractivity contribution in [2.24, 2.45) is 0 Å². The molecule has 1 aromatic carbocycles. The van der Waals surface area contributed by atoms with Gasteiger partial charge in [-0.15, -0.1) is 0 Å². The van der Waals surface area contributed by atoms with Crippen LogP contribution < -0.4 is 10.1 Å². The van der Waals surface area contributed by atoms with Crippen LogP contribution in [0.15, 0.2) is 30.3 Å². The van der Waals surface area contributed by atoms with Gasteiger partial charge in [-0.05, 0) is 25.0 Å². The van der Waals surface area contributed by atoms with Gasteiger partial charge in [0.15, 0.2) is 0 Å². The number of aryl methyl sites for hydroxylation is 1. The van der Waals surface area contributed by atoms with Crippen LogP contribution in [0.5, 0.6) is 5.88 Å². The van der Waals surface area contributed by atoms with E-state index in [0.29, 0.717) is 24.9 Å². The maximum absolute atomic E-state index is 9.00. The third kappa shape index (κ3) is 3.93. The Morgan fingerprint density at radius 3 is 2.50 bits per heavy atom. The summed E-state index contributed by atoms with van der Waals surface area (Å²) in [7, 11) is 0. The van der Waals surface area contributed by atoms with Crippen LogP contribution in [-0.4, -0.2) is 21.7 Å². The van der Waals surface area contributed by atoms with Crippen LogP contribution in [0.1, 0.15) is 23.9 Å². The lowest BCUT2D eigenvalue weighted by atomic mass is 10.1. The van der Waals surface area contributed by atoms with E-state index in [-0.39, 0.29) is 6.61 Å². The lowest BCUT2D eigenvalue weighted by Crippen LogP contribution is -2.05. The minimum atomic E-state index is 0.0660. The van der Waals surface area contributed by atoms with Crippen LogP contribution in [0.3, 0.4) is 0 Å². The van der Waals surface area contributed by atoms with Gasteiger partial charge < -0.3 is 15.2 Å². The van der Waals surface area contributed by atoms with Crippen molar-refractivity contribution in [1.29, 1.82) is 0 Å². The zero-order valence-electron chi connectivity index (χ0n) is 11.8. The summed E-state index contributed by atoms with van der Waals surface area (Å²) in [5.74, 6) is 2.00. The van der Waals surface area contributed by atoms with E-state index in [9.17, 15) is 0 Å². The fourth-order valence-corrected chi connectivity index (χ4v) is 1.81. The van der Waals surface area contributed by atoms with Gasteiger partial charge in [0.2, 0.25) is 5.88 Å². The molecule has 20 heavy (non-hydrogen) atoms. The topological polar surface area (TPSA) is 67.3 Å². The SMILES string of the molecule is CCOc1cc(NCc2ccc(CO)cc2)nc(C)n1. The van der Waals surface area contributed by atoms with Gasteiger partial charge in [-0.25, -0.2) is 4.98 Å². The van der Waals surface area contributed by atoms with Crippen molar-refractivity contribution in [1.82, 2.24) is 9.97 Å². The molecular weight excluding hydrogens is 254 g/mol. The van der Waals surface area contributed by atoms with Crippen molar-refractivity contribution in [2.45, 2.75) is 27.0 Å². The number of benzene rings is 1. The molecule has 0 fully saturated rings. The Labute approximate surface area is 118 Å². The summed E-state index contributed by atoms with van der Waals surface area (Å²) >= 11 is 0. The van der Waals surface area contributed by atoms with E-state index in [1.54, 1.807) is 6.07 Å². The molecule has 0 spiro atoms. The van der Waals surface area contributed by atoms with Gasteiger partial charge in [0.25, 0.3) is 0 Å². The molecule has 0 amide bonds. The van der Waals surface area contributed by atoms with Crippen molar-refractivity contribution in [3.63, 3.8) is 0 Å². The molecule has 2 rings (SSSR count). The molecule has 0 aliphatic rings. The van der Waals surface area contributed by atoms with Crippen molar-refractivity contribution < 1.29 is 9.84 Å². The summed E-state index contributed by atoms with van der Waals surface area (Å²) in [5, 5.41) is 12.2. The van der Waals surface area contributed by atoms with Gasteiger partial charge in [-0.2, -0.15) is 4.98 Å². The second-order valence-electron chi connectivity index (χ2n) is 4.40. The number of aliphatic hydroxyl groups excluding tert-OH is 1. The highest BCUT2D eigenvalue weighted by Gasteiger charge is 2.02. The maximum Gasteiger partial charge on any atom is 0.218 e. The van der Waals surface area contributed by atoms with Gasteiger partial charge in [0.1, 0.15) is 11.6 Å². The predicted octanol–water partition coefficient (Wildman–Crippen LogP) is 2.29. The highest BCUT2D eigenvalue weighted by atomic mass is 16.5. The Morgan fingerprint density at radius 1 is 1.15 bits per heavy atom. The first-order valence-electron chi connectivity index (χ1n) is 6.62. The minimum absolute atomic E-state index is 0.0660. The van der Waals surface area contributed by atoms with Gasteiger partial charge >= 0.3 is 0 Å². The van der Waals surface area contributed by atoms with E-state index < -0.39 is 0 Å². The molecule has 5 heteroatoms. The molecule has 0 bridgehead atoms. The second kappa shape index (κ2) is 6.86. The number of aromatic nitrogens is 2. The van der Waals surface area contributed by atoms with Crippen LogP contribution in [0.4, 0.5) is 5.82 Å². The quantitative estimate of drug-likeness (QED) is 0.845. The van der Waals surface area contributed by atoms with Crippen molar-refractivity contribution in [3.05, 3.63) is 47.3 Å². The number of rotatable bonds is 6. The summed E-state index contributed by atoms with van der Waals surface area (Å²) in [5.41, 5.74) is 2.03. The van der Waals surface area contributed by atoms with Crippen LogP contribution in [0, 0.1) is 6.92 Å². The molecule has 2 N–H and O–H groups in total. The van der Waals surface area contributed by atoms with E-state index in [1.165, 1.54) is 0 Å². The Morgan fingerprint density at radius 2 is 1.85 bits per heavy atom. The third-order valence-electron chi connectivity index (χ3n) is 2.79. The molecular formula is C15H19N3O2. The van der Waals surface area contributed by atoms with Gasteiger partial charge in [0, 0.05) is 12.6 Å². The number of ether oxygens (including phenoxy) is 1. The highest BCUT2D eigenvalue weighted by Crippen LogP contribution is 2.14. The summed E-state index contributed by atoms with van der Waals surface area (Å²) < 4.78 is 5.39. The normalized spacial score (nSPS) is 10.3. The van der Waals surface area contributed by atoms with E-state index >= 15 is 0 Å². The summed E-state index contributed by atoms with van der Waals surface area (Å²) in [6.45, 7) is 5.07. The minimum Gasteiger partial charge on any atom is -0.478 e. The second-order valence-corrected chi connectivity index (χ2v) is 4.40. The molecule has 106 valence electrons. The number of anilines is 1. The van der Waals surface area contributed by atoms with Crippen molar-refractivity contribution in [2.75, 3.05) is 11.9 Å². The Hall–Kier alpha value is -2.14. The first-order valence-corrected chi connectivity index (χ1v) is 6.62. The third-order valence-corrected chi connectivity index (χ3v) is 2.79. The molecule has 1 aromatic heterocycles. The van der Waals surface area contributed by atoms with Gasteiger partial charge in [-0.1, -0.05) is 24.3 Å². The monoisotopic (exact) mass is 273 g/mol. The molecule has 0 unspecified atom stereocenters. The molecule has 2 aromatic rings. The molecule has 0 aliphatic carbocycles. The van der Waals surface area contributed by atoms with Gasteiger partial charge in [0.05, 0.1) is 13.2 Å². The van der Waals surface area contributed by atoms with Crippen LogP contribution in [0.25, 0.3) is 0 Å². The molecule has 0 aliphatic heterocycles. The largest absolute Gasteiger partial charge is 0.478 e. The molecule has 0 saturated heterocycles. The smallest absolute Gasteiger partial charge is 0.218 e. The number of nitrogens with one attached hydrogen (secondary N) is 1. The molecule has 0 radical (unpaired) electrons. The predicted molar refractivity (Wildman–Crippen MR) is 77.6 cm³/mol. The summed E-state index contributed by atoms with van der Waals surface area (Å²) in [4.78, 5) is 8.52. The van der Waals surface area contributed by atoms with Crippen LogP contribution >= 0.6 is 0 Å². The molecule has 1 heterocycles. The van der Waals surface area contributed by atoms with Crippen LogP contribution in [0.2, 0.25) is 0 Å². The lowest BCUT2D eigenvalue weighted by Gasteiger charge is -2.09. The zero-order valence-corrected chi connectivity index (χ0v) is 11.8. The summed E-state index contributed by atoms with van der Waals surface area (Å²) in [6.07, 6.45) is 0. The fraction of sp³-hybridized carbons (Fsp3) is 0.333. The average Bonchev–Trinajstić information content (AvgIpc) is 2.45. The molecule has 0 saturated carbocycles. The zero-order chi connectivity index (χ0) is 14.4. The number of nitrogens with zero attached hydrogens (tertiary/aromatic N) is 2. The number of hydrogen-bond acceptors (Lipinski definition) is 5. The Balaban J connectivity index is 2.02. The van der Waals surface area contributed by atoms with Crippen molar-refractivity contribution >= 4 is 5.82 Å². The Bertz CT molecular complexity index is 556. The van der Waals surface area contributed by atoms with E-state index in [1.807, 2.05) is 38.1 Å². The lowest BCUT2D eigenvalue weighted by molar-refractivity contribution is 0.282.